The highest BCUT2D eigenvalue weighted by atomic mass is 19.1. The molecule has 0 unspecified atom stereocenters. The van der Waals surface area contributed by atoms with E-state index in [1.54, 1.807) is 24.3 Å². The minimum atomic E-state index is -1.17. The fourth-order valence-corrected chi connectivity index (χ4v) is 2.25. The summed E-state index contributed by atoms with van der Waals surface area (Å²) in [6, 6.07) is 11.2. The van der Waals surface area contributed by atoms with Crippen molar-refractivity contribution in [2.45, 2.75) is 19.8 Å². The van der Waals surface area contributed by atoms with Crippen molar-refractivity contribution in [3.05, 3.63) is 58.9 Å². The van der Waals surface area contributed by atoms with Gasteiger partial charge in [0.15, 0.2) is 0 Å². The van der Waals surface area contributed by atoms with E-state index in [4.69, 9.17) is 5.26 Å². The molecule has 0 aliphatic rings. The third-order valence-electron chi connectivity index (χ3n) is 3.27. The Morgan fingerprint density at radius 1 is 1.24 bits per heavy atom. The number of nitrogens with zero attached hydrogens (tertiary/aromatic N) is 1. The summed E-state index contributed by atoms with van der Waals surface area (Å²) in [5, 5.41) is 18.0. The molecule has 0 aliphatic carbocycles. The molecule has 0 spiro atoms. The summed E-state index contributed by atoms with van der Waals surface area (Å²) in [6.45, 7) is 1.94. The van der Waals surface area contributed by atoms with Crippen molar-refractivity contribution in [1.82, 2.24) is 0 Å². The molecule has 0 atom stereocenters. The van der Waals surface area contributed by atoms with Gasteiger partial charge in [0, 0.05) is 5.56 Å². The lowest BCUT2D eigenvalue weighted by atomic mass is 9.94. The van der Waals surface area contributed by atoms with Crippen LogP contribution in [0.2, 0.25) is 0 Å². The second kappa shape index (κ2) is 6.19. The van der Waals surface area contributed by atoms with Crippen molar-refractivity contribution < 1.29 is 14.3 Å². The zero-order chi connectivity index (χ0) is 15.4. The topological polar surface area (TPSA) is 61.1 Å². The van der Waals surface area contributed by atoms with E-state index in [0.717, 1.165) is 6.42 Å². The first-order chi connectivity index (χ1) is 10.1. The van der Waals surface area contributed by atoms with Crippen LogP contribution in [0.25, 0.3) is 11.1 Å². The summed E-state index contributed by atoms with van der Waals surface area (Å²) in [5.74, 6) is -1.67. The molecule has 2 rings (SSSR count). The average Bonchev–Trinajstić information content (AvgIpc) is 2.49. The predicted octanol–water partition coefficient (Wildman–Crippen LogP) is 4.02. The molecule has 0 saturated carbocycles. The number of rotatable bonds is 4. The number of hydrogen-bond acceptors (Lipinski definition) is 2. The molecule has 0 fully saturated rings. The molecule has 2 aromatic rings. The summed E-state index contributed by atoms with van der Waals surface area (Å²) in [4.78, 5) is 11.3. The van der Waals surface area contributed by atoms with Crippen LogP contribution in [0.15, 0.2) is 36.4 Å². The van der Waals surface area contributed by atoms with Crippen molar-refractivity contribution in [2.24, 2.45) is 0 Å². The minimum absolute atomic E-state index is 0.0722. The van der Waals surface area contributed by atoms with Crippen LogP contribution < -0.4 is 0 Å². The molecule has 0 radical (unpaired) electrons. The van der Waals surface area contributed by atoms with E-state index in [0.29, 0.717) is 23.1 Å². The highest BCUT2D eigenvalue weighted by Crippen LogP contribution is 2.30. The van der Waals surface area contributed by atoms with E-state index in [-0.39, 0.29) is 11.1 Å². The third kappa shape index (κ3) is 2.92. The molecule has 21 heavy (non-hydrogen) atoms. The van der Waals surface area contributed by atoms with Gasteiger partial charge in [0.2, 0.25) is 0 Å². The Kier molecular flexibility index (Phi) is 4.34. The molecule has 0 heterocycles. The SMILES string of the molecule is CCCc1ccc(C(=O)O)c(-c2ccc(C#N)cc2)c1F. The lowest BCUT2D eigenvalue weighted by molar-refractivity contribution is 0.0697. The van der Waals surface area contributed by atoms with E-state index in [1.807, 2.05) is 13.0 Å². The van der Waals surface area contributed by atoms with Crippen LogP contribution in [-0.2, 0) is 6.42 Å². The van der Waals surface area contributed by atoms with Gasteiger partial charge in [-0.2, -0.15) is 5.26 Å². The van der Waals surface area contributed by atoms with Gasteiger partial charge in [-0.05, 0) is 35.7 Å². The number of aryl methyl sites for hydroxylation is 1. The van der Waals surface area contributed by atoms with Crippen molar-refractivity contribution in [2.75, 3.05) is 0 Å². The monoisotopic (exact) mass is 283 g/mol. The standard InChI is InChI=1S/C17H14FNO2/c1-2-3-13-8-9-14(17(20)21)15(16(13)18)12-6-4-11(10-19)5-7-12/h4-9H,2-3H2,1H3,(H,20,21). The zero-order valence-electron chi connectivity index (χ0n) is 11.6. The van der Waals surface area contributed by atoms with Gasteiger partial charge >= 0.3 is 5.97 Å². The number of aromatic carboxylic acids is 1. The Labute approximate surface area is 122 Å². The molecular weight excluding hydrogens is 269 g/mol. The average molecular weight is 283 g/mol. The van der Waals surface area contributed by atoms with Crippen LogP contribution in [0.3, 0.4) is 0 Å². The number of carboxylic acids is 1. The molecule has 0 aromatic heterocycles. The van der Waals surface area contributed by atoms with Gasteiger partial charge in [-0.15, -0.1) is 0 Å². The number of hydrogen-bond donors (Lipinski definition) is 1. The Morgan fingerprint density at radius 2 is 1.90 bits per heavy atom. The lowest BCUT2D eigenvalue weighted by Crippen LogP contribution is -2.04. The number of nitriles is 1. The summed E-state index contributed by atoms with van der Waals surface area (Å²) in [6.07, 6.45) is 1.32. The highest BCUT2D eigenvalue weighted by Gasteiger charge is 2.19. The highest BCUT2D eigenvalue weighted by molar-refractivity contribution is 5.96. The van der Waals surface area contributed by atoms with Crippen LogP contribution >= 0.6 is 0 Å². The van der Waals surface area contributed by atoms with Crippen molar-refractivity contribution >= 4 is 5.97 Å². The number of halogens is 1. The minimum Gasteiger partial charge on any atom is -0.478 e. The van der Waals surface area contributed by atoms with Gasteiger partial charge in [-0.25, -0.2) is 9.18 Å². The Balaban J connectivity index is 2.65. The summed E-state index contributed by atoms with van der Waals surface area (Å²) < 4.78 is 14.6. The Morgan fingerprint density at radius 3 is 2.43 bits per heavy atom. The van der Waals surface area contributed by atoms with Gasteiger partial charge in [-0.1, -0.05) is 31.5 Å². The van der Waals surface area contributed by atoms with Crippen molar-refractivity contribution in [3.63, 3.8) is 0 Å². The maximum Gasteiger partial charge on any atom is 0.336 e. The summed E-state index contributed by atoms with van der Waals surface area (Å²) in [7, 11) is 0. The van der Waals surface area contributed by atoms with Crippen LogP contribution in [0.1, 0.15) is 34.8 Å². The van der Waals surface area contributed by atoms with E-state index in [9.17, 15) is 14.3 Å². The second-order valence-electron chi connectivity index (χ2n) is 4.71. The van der Waals surface area contributed by atoms with Gasteiger partial charge in [0.05, 0.1) is 17.2 Å². The summed E-state index contributed by atoms with van der Waals surface area (Å²) in [5.41, 5.74) is 1.42. The number of carbonyl (C=O) groups is 1. The second-order valence-corrected chi connectivity index (χ2v) is 4.71. The molecule has 2 aromatic carbocycles. The molecule has 106 valence electrons. The molecule has 0 bridgehead atoms. The largest absolute Gasteiger partial charge is 0.478 e. The fraction of sp³-hybridized carbons (Fsp3) is 0.176. The van der Waals surface area contributed by atoms with Crippen LogP contribution in [0, 0.1) is 17.1 Å². The molecular formula is C17H14FNO2. The lowest BCUT2D eigenvalue weighted by Gasteiger charge is -2.11. The van der Waals surface area contributed by atoms with Crippen LogP contribution in [0.4, 0.5) is 4.39 Å². The molecule has 4 heteroatoms. The van der Waals surface area contributed by atoms with Gasteiger partial charge in [0.1, 0.15) is 5.82 Å². The summed E-state index contributed by atoms with van der Waals surface area (Å²) >= 11 is 0. The number of benzene rings is 2. The first kappa shape index (κ1) is 14.7. The van der Waals surface area contributed by atoms with Crippen LogP contribution in [0.5, 0.6) is 0 Å². The molecule has 1 N–H and O–H groups in total. The predicted molar refractivity (Wildman–Crippen MR) is 77.5 cm³/mol. The Bertz CT molecular complexity index is 715. The first-order valence-electron chi connectivity index (χ1n) is 6.63. The molecule has 0 amide bonds. The van der Waals surface area contributed by atoms with E-state index < -0.39 is 11.8 Å². The van der Waals surface area contributed by atoms with Crippen LogP contribution in [-0.4, -0.2) is 11.1 Å². The van der Waals surface area contributed by atoms with Crippen molar-refractivity contribution in [3.8, 4) is 17.2 Å². The fourth-order valence-electron chi connectivity index (χ4n) is 2.25. The van der Waals surface area contributed by atoms with Gasteiger partial charge in [-0.3, -0.25) is 0 Å². The molecule has 0 saturated heterocycles. The maximum atomic E-state index is 14.6. The smallest absolute Gasteiger partial charge is 0.336 e. The van der Waals surface area contributed by atoms with Crippen molar-refractivity contribution in [1.29, 1.82) is 5.26 Å². The quantitative estimate of drug-likeness (QED) is 0.922. The Hall–Kier alpha value is -2.67. The van der Waals surface area contributed by atoms with Gasteiger partial charge in [0.25, 0.3) is 0 Å². The maximum absolute atomic E-state index is 14.6. The molecule has 3 nitrogen and oxygen atoms in total. The third-order valence-corrected chi connectivity index (χ3v) is 3.27. The number of carboxylic acid groups (broad SMARTS) is 1. The zero-order valence-corrected chi connectivity index (χ0v) is 11.6. The van der Waals surface area contributed by atoms with Gasteiger partial charge < -0.3 is 5.11 Å². The normalized spacial score (nSPS) is 10.1. The van der Waals surface area contributed by atoms with E-state index in [1.165, 1.54) is 12.1 Å². The molecule has 0 aliphatic heterocycles. The van der Waals surface area contributed by atoms with E-state index >= 15 is 0 Å². The van der Waals surface area contributed by atoms with E-state index in [2.05, 4.69) is 0 Å². The first-order valence-corrected chi connectivity index (χ1v) is 6.63.